The third-order valence-electron chi connectivity index (χ3n) is 5.51. The van der Waals surface area contributed by atoms with Crippen molar-refractivity contribution in [2.75, 3.05) is 26.0 Å². The molecule has 172 valence electrons. The predicted molar refractivity (Wildman–Crippen MR) is 119 cm³/mol. The lowest BCUT2D eigenvalue weighted by molar-refractivity contribution is -0.893. The summed E-state index contributed by atoms with van der Waals surface area (Å²) in [7, 11) is 3.36. The van der Waals surface area contributed by atoms with Gasteiger partial charge in [-0.1, -0.05) is 6.42 Å². The van der Waals surface area contributed by atoms with E-state index in [-0.39, 0.29) is 17.4 Å². The van der Waals surface area contributed by atoms with Crippen molar-refractivity contribution >= 4 is 22.2 Å². The lowest BCUT2D eigenvalue weighted by Gasteiger charge is -2.16. The largest absolute Gasteiger partial charge is 0.493 e. The maximum absolute atomic E-state index is 12.5. The van der Waals surface area contributed by atoms with Crippen LogP contribution in [-0.4, -0.2) is 33.2 Å². The molecule has 9 heteroatoms. The lowest BCUT2D eigenvalue weighted by Crippen LogP contribution is -3.07. The first-order chi connectivity index (χ1) is 15.4. The summed E-state index contributed by atoms with van der Waals surface area (Å²) >= 11 is 1.53. The number of carbonyl (C=O) groups excluding carboxylic acids is 1. The summed E-state index contributed by atoms with van der Waals surface area (Å²) < 4.78 is 34.5. The van der Waals surface area contributed by atoms with Gasteiger partial charge in [0.15, 0.2) is 11.5 Å². The highest BCUT2D eigenvalue weighted by molar-refractivity contribution is 7.16. The number of quaternary nitrogens is 1. The van der Waals surface area contributed by atoms with Gasteiger partial charge in [0.1, 0.15) is 17.6 Å². The van der Waals surface area contributed by atoms with Crippen LogP contribution in [0.2, 0.25) is 0 Å². The zero-order valence-electron chi connectivity index (χ0n) is 18.3. The topological polar surface area (TPSA) is 75.8 Å². The van der Waals surface area contributed by atoms with Crippen LogP contribution in [0.15, 0.2) is 18.2 Å². The van der Waals surface area contributed by atoms with Crippen LogP contribution >= 0.6 is 11.3 Å². The molecule has 1 aliphatic carbocycles. The summed E-state index contributed by atoms with van der Waals surface area (Å²) in [6, 6.07) is 7.12. The fourth-order valence-corrected chi connectivity index (χ4v) is 5.17. The van der Waals surface area contributed by atoms with Crippen molar-refractivity contribution in [1.82, 2.24) is 0 Å². The molecule has 1 unspecified atom stereocenters. The summed E-state index contributed by atoms with van der Waals surface area (Å²) in [5.74, 6) is 0.122. The van der Waals surface area contributed by atoms with Crippen LogP contribution in [0.4, 0.5) is 13.8 Å². The van der Waals surface area contributed by atoms with Gasteiger partial charge in [0.25, 0.3) is 0 Å². The summed E-state index contributed by atoms with van der Waals surface area (Å²) in [6.45, 7) is -1.74. The van der Waals surface area contributed by atoms with Crippen molar-refractivity contribution in [1.29, 1.82) is 5.26 Å². The Morgan fingerprint density at radius 3 is 2.78 bits per heavy atom. The van der Waals surface area contributed by atoms with Gasteiger partial charge in [-0.15, -0.1) is 11.3 Å². The van der Waals surface area contributed by atoms with Crippen LogP contribution in [0.5, 0.6) is 11.5 Å². The Bertz CT molecular complexity index is 988. The predicted octanol–water partition coefficient (Wildman–Crippen LogP) is 3.54. The van der Waals surface area contributed by atoms with Crippen LogP contribution in [-0.2, 0) is 24.2 Å². The van der Waals surface area contributed by atoms with Crippen LogP contribution in [0.25, 0.3) is 0 Å². The van der Waals surface area contributed by atoms with Gasteiger partial charge in [-0.2, -0.15) is 14.0 Å². The Hall–Kier alpha value is -2.70. The van der Waals surface area contributed by atoms with E-state index in [1.54, 1.807) is 12.1 Å². The Morgan fingerprint density at radius 1 is 1.28 bits per heavy atom. The molecule has 1 aromatic heterocycles. The van der Waals surface area contributed by atoms with Crippen molar-refractivity contribution in [3.8, 4) is 17.6 Å². The van der Waals surface area contributed by atoms with E-state index in [1.165, 1.54) is 35.8 Å². The van der Waals surface area contributed by atoms with E-state index in [1.807, 2.05) is 7.05 Å². The summed E-state index contributed by atoms with van der Waals surface area (Å²) in [5.41, 5.74) is 2.62. The number of amides is 1. The number of alkyl halides is 2. The molecule has 1 heterocycles. The normalized spacial score (nSPS) is 14.2. The highest BCUT2D eigenvalue weighted by Crippen LogP contribution is 2.37. The van der Waals surface area contributed by atoms with Crippen LogP contribution in [0, 0.1) is 11.3 Å². The molecule has 2 aromatic rings. The van der Waals surface area contributed by atoms with Gasteiger partial charge < -0.3 is 19.7 Å². The third-order valence-corrected chi connectivity index (χ3v) is 6.72. The number of benzene rings is 1. The first kappa shape index (κ1) is 24.0. The van der Waals surface area contributed by atoms with E-state index in [9.17, 15) is 18.8 Å². The number of rotatable bonds is 9. The summed E-state index contributed by atoms with van der Waals surface area (Å²) in [6.07, 6.45) is 5.57. The van der Waals surface area contributed by atoms with E-state index < -0.39 is 6.61 Å². The Morgan fingerprint density at radius 2 is 2.06 bits per heavy atom. The monoisotopic (exact) mass is 464 g/mol. The second-order valence-corrected chi connectivity index (χ2v) is 9.03. The van der Waals surface area contributed by atoms with Gasteiger partial charge in [0, 0.05) is 10.4 Å². The second-order valence-electron chi connectivity index (χ2n) is 7.93. The Kier molecular flexibility index (Phi) is 8.42. The first-order valence-electron chi connectivity index (χ1n) is 10.7. The van der Waals surface area contributed by atoms with Crippen LogP contribution < -0.4 is 19.7 Å². The van der Waals surface area contributed by atoms with Crippen LogP contribution in [0.3, 0.4) is 0 Å². The second kappa shape index (κ2) is 11.2. The minimum absolute atomic E-state index is 0.00840. The number of thiophene rings is 1. The number of methoxy groups -OCH3 is 1. The zero-order chi connectivity index (χ0) is 23.1. The van der Waals surface area contributed by atoms with Crippen LogP contribution in [0.1, 0.15) is 47.3 Å². The Labute approximate surface area is 190 Å². The SMILES string of the molecule is COc1cc(C[NH+](C)CCC(=O)Nc2sc3c(c2C#N)CCCCC3)ccc1OC(F)F. The van der Waals surface area contributed by atoms with Crippen molar-refractivity contribution < 1.29 is 27.9 Å². The van der Waals surface area contributed by atoms with Gasteiger partial charge in [-0.25, -0.2) is 0 Å². The van der Waals surface area contributed by atoms with Gasteiger partial charge in [-0.3, -0.25) is 4.79 Å². The number of halogens is 2. The quantitative estimate of drug-likeness (QED) is 0.557. The molecule has 1 aliphatic rings. The molecule has 2 N–H and O–H groups in total. The molecule has 0 saturated heterocycles. The number of nitrogens with zero attached hydrogens (tertiary/aromatic N) is 1. The average Bonchev–Trinajstić information content (AvgIpc) is 2.91. The molecule has 6 nitrogen and oxygen atoms in total. The number of aryl methyl sites for hydroxylation is 1. The minimum Gasteiger partial charge on any atom is -0.493 e. The minimum atomic E-state index is -2.92. The highest BCUT2D eigenvalue weighted by Gasteiger charge is 2.21. The molecular weight excluding hydrogens is 436 g/mol. The number of anilines is 1. The third kappa shape index (κ3) is 6.17. The molecular formula is C23H28F2N3O3S+. The smallest absolute Gasteiger partial charge is 0.387 e. The summed E-state index contributed by atoms with van der Waals surface area (Å²) in [4.78, 5) is 14.8. The number of nitrogens with one attached hydrogen (secondary N) is 2. The van der Waals surface area contributed by atoms with Gasteiger partial charge >= 0.3 is 6.61 Å². The Balaban J connectivity index is 1.55. The van der Waals surface area contributed by atoms with E-state index in [4.69, 9.17) is 4.74 Å². The number of ether oxygens (including phenoxy) is 2. The molecule has 0 radical (unpaired) electrons. The number of nitriles is 1. The number of carbonyl (C=O) groups is 1. The molecule has 1 amide bonds. The maximum Gasteiger partial charge on any atom is 0.387 e. The summed E-state index contributed by atoms with van der Waals surface area (Å²) in [5, 5.41) is 13.2. The van der Waals surface area contributed by atoms with Gasteiger partial charge in [-0.05, 0) is 49.4 Å². The van der Waals surface area contributed by atoms with Crippen molar-refractivity contribution in [3.05, 3.63) is 39.8 Å². The lowest BCUT2D eigenvalue weighted by atomic mass is 10.1. The number of fused-ring (bicyclic) bond motifs is 1. The number of hydrogen-bond acceptors (Lipinski definition) is 5. The number of hydrogen-bond donors (Lipinski definition) is 2. The molecule has 32 heavy (non-hydrogen) atoms. The molecule has 3 rings (SSSR count). The first-order valence-corrected chi connectivity index (χ1v) is 11.5. The molecule has 0 saturated carbocycles. The highest BCUT2D eigenvalue weighted by atomic mass is 32.1. The standard InChI is InChI=1S/C23H27F2N3O3S/c1-28(14-15-8-9-18(31-23(24)25)19(12-15)30-2)11-10-21(29)27-22-17(13-26)16-6-4-3-5-7-20(16)32-22/h8-9,12,23H,3-7,10-11,14H2,1-2H3,(H,27,29)/p+1. The molecule has 0 fully saturated rings. The molecule has 0 aliphatic heterocycles. The average molecular weight is 465 g/mol. The van der Waals surface area contributed by atoms with E-state index in [0.29, 0.717) is 30.1 Å². The van der Waals surface area contributed by atoms with Crippen molar-refractivity contribution in [2.24, 2.45) is 0 Å². The van der Waals surface area contributed by atoms with Gasteiger partial charge in [0.2, 0.25) is 5.91 Å². The maximum atomic E-state index is 12.5. The van der Waals surface area contributed by atoms with E-state index in [2.05, 4.69) is 16.1 Å². The van der Waals surface area contributed by atoms with Crippen molar-refractivity contribution in [2.45, 2.75) is 51.7 Å². The van der Waals surface area contributed by atoms with Gasteiger partial charge in [0.05, 0.1) is 32.7 Å². The van der Waals surface area contributed by atoms with E-state index >= 15 is 0 Å². The fraction of sp³-hybridized carbons (Fsp3) is 0.478. The van der Waals surface area contributed by atoms with E-state index in [0.717, 1.165) is 41.7 Å². The molecule has 0 bridgehead atoms. The molecule has 1 aromatic carbocycles. The molecule has 0 spiro atoms. The molecule has 1 atom stereocenters. The van der Waals surface area contributed by atoms with Crippen molar-refractivity contribution in [3.63, 3.8) is 0 Å². The zero-order valence-corrected chi connectivity index (χ0v) is 19.1. The fourth-order valence-electron chi connectivity index (χ4n) is 3.92.